The van der Waals surface area contributed by atoms with Crippen LogP contribution in [0.5, 0.6) is 0 Å². The zero-order valence-electron chi connectivity index (χ0n) is 11.8. The molecule has 1 aromatic rings. The molecule has 0 aliphatic carbocycles. The van der Waals surface area contributed by atoms with Crippen LogP contribution in [-0.2, 0) is 17.4 Å². The normalized spacial score (nSPS) is 17.1. The molecule has 1 amide bonds. The number of halogens is 3. The Balaban J connectivity index is 1.89. The van der Waals surface area contributed by atoms with Crippen LogP contribution in [-0.4, -0.2) is 25.5 Å². The standard InChI is InChI=1S/C15H19F3N2O/c1-10(14(21)20-9-12-7-19-8-12)5-11-3-2-4-13(6-11)15(16,17)18/h2-4,6,10,12,19H,5,7-9H2,1H3,(H,20,21). The fourth-order valence-electron chi connectivity index (χ4n) is 2.23. The van der Waals surface area contributed by atoms with Gasteiger partial charge in [0.1, 0.15) is 0 Å². The monoisotopic (exact) mass is 300 g/mol. The largest absolute Gasteiger partial charge is 0.416 e. The number of benzene rings is 1. The number of hydrogen-bond acceptors (Lipinski definition) is 2. The lowest BCUT2D eigenvalue weighted by Gasteiger charge is -2.27. The van der Waals surface area contributed by atoms with Crippen molar-refractivity contribution in [1.29, 1.82) is 0 Å². The molecule has 2 rings (SSSR count). The van der Waals surface area contributed by atoms with Crippen molar-refractivity contribution >= 4 is 5.91 Å². The summed E-state index contributed by atoms with van der Waals surface area (Å²) >= 11 is 0. The van der Waals surface area contributed by atoms with Crippen molar-refractivity contribution in [3.05, 3.63) is 35.4 Å². The van der Waals surface area contributed by atoms with E-state index in [-0.39, 0.29) is 11.8 Å². The van der Waals surface area contributed by atoms with Gasteiger partial charge < -0.3 is 10.6 Å². The lowest BCUT2D eigenvalue weighted by atomic mass is 9.98. The van der Waals surface area contributed by atoms with Crippen LogP contribution in [0.3, 0.4) is 0 Å². The second kappa shape index (κ2) is 6.47. The van der Waals surface area contributed by atoms with E-state index < -0.39 is 11.7 Å². The smallest absolute Gasteiger partial charge is 0.355 e. The van der Waals surface area contributed by atoms with Gasteiger partial charge in [-0.15, -0.1) is 0 Å². The maximum atomic E-state index is 12.6. The molecule has 1 saturated heterocycles. The van der Waals surface area contributed by atoms with E-state index in [2.05, 4.69) is 10.6 Å². The summed E-state index contributed by atoms with van der Waals surface area (Å²) in [6.45, 7) is 4.16. The molecule has 1 atom stereocenters. The molecule has 116 valence electrons. The summed E-state index contributed by atoms with van der Waals surface area (Å²) in [5.74, 6) is 0.00976. The first kappa shape index (κ1) is 15.8. The Morgan fingerprint density at radius 1 is 1.43 bits per heavy atom. The summed E-state index contributed by atoms with van der Waals surface area (Å²) in [6.07, 6.45) is -4.04. The second-order valence-electron chi connectivity index (χ2n) is 5.57. The first-order valence-electron chi connectivity index (χ1n) is 7.01. The summed E-state index contributed by atoms with van der Waals surface area (Å²) in [6, 6.07) is 5.15. The summed E-state index contributed by atoms with van der Waals surface area (Å²) in [5, 5.41) is 5.96. The fourth-order valence-corrected chi connectivity index (χ4v) is 2.23. The molecule has 3 nitrogen and oxygen atoms in total. The molecule has 6 heteroatoms. The Kier molecular flexibility index (Phi) is 4.88. The van der Waals surface area contributed by atoms with Crippen LogP contribution in [0.15, 0.2) is 24.3 Å². The van der Waals surface area contributed by atoms with Gasteiger partial charge in [-0.05, 0) is 18.1 Å². The van der Waals surface area contributed by atoms with E-state index in [1.165, 1.54) is 6.07 Å². The number of amides is 1. The molecule has 1 fully saturated rings. The molecule has 0 aromatic heterocycles. The van der Waals surface area contributed by atoms with Crippen LogP contribution >= 0.6 is 0 Å². The minimum atomic E-state index is -4.35. The third-order valence-electron chi connectivity index (χ3n) is 3.67. The maximum Gasteiger partial charge on any atom is 0.416 e. The number of rotatable bonds is 5. The van der Waals surface area contributed by atoms with Crippen molar-refractivity contribution in [2.24, 2.45) is 11.8 Å². The Bertz CT molecular complexity index is 498. The highest BCUT2D eigenvalue weighted by Crippen LogP contribution is 2.29. The van der Waals surface area contributed by atoms with Crippen LogP contribution in [0, 0.1) is 11.8 Å². The van der Waals surface area contributed by atoms with Crippen LogP contribution < -0.4 is 10.6 Å². The molecule has 1 aliphatic rings. The van der Waals surface area contributed by atoms with Gasteiger partial charge in [-0.1, -0.05) is 25.1 Å². The number of carbonyl (C=O) groups excluding carboxylic acids is 1. The molecular weight excluding hydrogens is 281 g/mol. The molecule has 0 saturated carbocycles. The quantitative estimate of drug-likeness (QED) is 0.875. The van der Waals surface area contributed by atoms with Gasteiger partial charge in [0.2, 0.25) is 5.91 Å². The Labute approximate surface area is 121 Å². The third-order valence-corrected chi connectivity index (χ3v) is 3.67. The molecule has 1 unspecified atom stereocenters. The summed E-state index contributed by atoms with van der Waals surface area (Å²) < 4.78 is 37.9. The number of alkyl halides is 3. The van der Waals surface area contributed by atoms with Crippen LogP contribution in [0.4, 0.5) is 13.2 Å². The van der Waals surface area contributed by atoms with E-state index in [1.54, 1.807) is 13.0 Å². The van der Waals surface area contributed by atoms with Gasteiger partial charge in [-0.3, -0.25) is 4.79 Å². The van der Waals surface area contributed by atoms with Crippen molar-refractivity contribution in [3.63, 3.8) is 0 Å². The van der Waals surface area contributed by atoms with Gasteiger partial charge in [0.05, 0.1) is 5.56 Å². The van der Waals surface area contributed by atoms with Gasteiger partial charge in [0.15, 0.2) is 0 Å². The number of hydrogen-bond donors (Lipinski definition) is 2. The zero-order valence-corrected chi connectivity index (χ0v) is 11.8. The highest BCUT2D eigenvalue weighted by atomic mass is 19.4. The van der Waals surface area contributed by atoms with Crippen molar-refractivity contribution in [3.8, 4) is 0 Å². The first-order chi connectivity index (χ1) is 9.86. The Morgan fingerprint density at radius 3 is 2.71 bits per heavy atom. The molecule has 0 radical (unpaired) electrons. The molecule has 1 aliphatic heterocycles. The average Bonchev–Trinajstić information content (AvgIpc) is 2.36. The van der Waals surface area contributed by atoms with Crippen molar-refractivity contribution < 1.29 is 18.0 Å². The summed E-state index contributed by atoms with van der Waals surface area (Å²) in [5.41, 5.74) is -0.147. The van der Waals surface area contributed by atoms with E-state index >= 15 is 0 Å². The van der Waals surface area contributed by atoms with Crippen LogP contribution in [0.1, 0.15) is 18.1 Å². The summed E-state index contributed by atoms with van der Waals surface area (Å²) in [4.78, 5) is 11.9. The first-order valence-corrected chi connectivity index (χ1v) is 7.01. The summed E-state index contributed by atoms with van der Waals surface area (Å²) in [7, 11) is 0. The lowest BCUT2D eigenvalue weighted by molar-refractivity contribution is -0.137. The average molecular weight is 300 g/mol. The van der Waals surface area contributed by atoms with Gasteiger partial charge >= 0.3 is 6.18 Å². The lowest BCUT2D eigenvalue weighted by Crippen LogP contribution is -2.48. The highest BCUT2D eigenvalue weighted by Gasteiger charge is 2.30. The van der Waals surface area contributed by atoms with Crippen molar-refractivity contribution in [1.82, 2.24) is 10.6 Å². The Morgan fingerprint density at radius 2 is 2.14 bits per heavy atom. The molecule has 1 heterocycles. The molecule has 1 aromatic carbocycles. The van der Waals surface area contributed by atoms with E-state index in [4.69, 9.17) is 0 Å². The van der Waals surface area contributed by atoms with E-state index in [0.717, 1.165) is 25.2 Å². The molecular formula is C15H19F3N2O. The Hall–Kier alpha value is -1.56. The minimum absolute atomic E-state index is 0.112. The molecule has 0 spiro atoms. The van der Waals surface area contributed by atoms with E-state index in [1.807, 2.05) is 0 Å². The molecule has 2 N–H and O–H groups in total. The van der Waals surface area contributed by atoms with Gasteiger partial charge in [-0.2, -0.15) is 13.2 Å². The van der Waals surface area contributed by atoms with E-state index in [9.17, 15) is 18.0 Å². The van der Waals surface area contributed by atoms with Crippen molar-refractivity contribution in [2.75, 3.05) is 19.6 Å². The highest BCUT2D eigenvalue weighted by molar-refractivity contribution is 5.78. The van der Waals surface area contributed by atoms with Crippen molar-refractivity contribution in [2.45, 2.75) is 19.5 Å². The third kappa shape index (κ3) is 4.46. The molecule has 21 heavy (non-hydrogen) atoms. The fraction of sp³-hybridized carbons (Fsp3) is 0.533. The predicted molar refractivity (Wildman–Crippen MR) is 73.7 cm³/mol. The second-order valence-corrected chi connectivity index (χ2v) is 5.57. The maximum absolute atomic E-state index is 12.6. The SMILES string of the molecule is CC(Cc1cccc(C(F)(F)F)c1)C(=O)NCC1CNC1. The van der Waals surface area contributed by atoms with Gasteiger partial charge in [-0.25, -0.2) is 0 Å². The topological polar surface area (TPSA) is 41.1 Å². The van der Waals surface area contributed by atoms with Gasteiger partial charge in [0, 0.05) is 31.5 Å². The predicted octanol–water partition coefficient (Wildman–Crippen LogP) is 2.22. The van der Waals surface area contributed by atoms with Crippen LogP contribution in [0.2, 0.25) is 0 Å². The van der Waals surface area contributed by atoms with E-state index in [0.29, 0.717) is 24.4 Å². The molecule has 0 bridgehead atoms. The number of nitrogens with one attached hydrogen (secondary N) is 2. The number of carbonyl (C=O) groups is 1. The van der Waals surface area contributed by atoms with Gasteiger partial charge in [0.25, 0.3) is 0 Å². The minimum Gasteiger partial charge on any atom is -0.355 e. The zero-order chi connectivity index (χ0) is 15.5. The van der Waals surface area contributed by atoms with Crippen LogP contribution in [0.25, 0.3) is 0 Å².